The van der Waals surface area contributed by atoms with Gasteiger partial charge in [-0.25, -0.2) is 0 Å². The highest BCUT2D eigenvalue weighted by atomic mass is 35.5. The van der Waals surface area contributed by atoms with Crippen LogP contribution in [0.4, 0.5) is 5.69 Å². The molecular formula is C14H14ClN. The van der Waals surface area contributed by atoms with Gasteiger partial charge < -0.3 is 5.32 Å². The van der Waals surface area contributed by atoms with Crippen molar-refractivity contribution < 1.29 is 0 Å². The van der Waals surface area contributed by atoms with E-state index >= 15 is 0 Å². The molecule has 2 rings (SSSR count). The molecule has 0 saturated heterocycles. The van der Waals surface area contributed by atoms with Gasteiger partial charge in [-0.05, 0) is 36.2 Å². The van der Waals surface area contributed by atoms with Gasteiger partial charge in [0.25, 0.3) is 0 Å². The summed E-state index contributed by atoms with van der Waals surface area (Å²) < 4.78 is 0. The van der Waals surface area contributed by atoms with Crippen LogP contribution in [0.3, 0.4) is 0 Å². The molecule has 0 unspecified atom stereocenters. The summed E-state index contributed by atoms with van der Waals surface area (Å²) in [5.41, 5.74) is 3.43. The molecule has 0 aromatic heterocycles. The lowest BCUT2D eigenvalue weighted by atomic mass is 10.1. The quantitative estimate of drug-likeness (QED) is 0.832. The van der Waals surface area contributed by atoms with Gasteiger partial charge >= 0.3 is 0 Å². The Labute approximate surface area is 101 Å². The number of anilines is 1. The molecule has 0 radical (unpaired) electrons. The monoisotopic (exact) mass is 231 g/mol. The smallest absolute Gasteiger partial charge is 0.0438 e. The van der Waals surface area contributed by atoms with E-state index in [1.807, 2.05) is 37.3 Å². The Hall–Kier alpha value is -1.47. The molecule has 0 aliphatic rings. The second kappa shape index (κ2) is 5.04. The Kier molecular flexibility index (Phi) is 3.47. The van der Waals surface area contributed by atoms with Gasteiger partial charge in [0.1, 0.15) is 0 Å². The molecule has 0 aliphatic heterocycles. The first kappa shape index (κ1) is 11.0. The molecule has 0 amide bonds. The van der Waals surface area contributed by atoms with Crippen LogP contribution in [0.2, 0.25) is 5.02 Å². The zero-order chi connectivity index (χ0) is 11.4. The van der Waals surface area contributed by atoms with E-state index in [0.29, 0.717) is 0 Å². The molecule has 82 valence electrons. The van der Waals surface area contributed by atoms with E-state index in [1.165, 1.54) is 5.56 Å². The number of para-hydroxylation sites is 1. The molecule has 0 bridgehead atoms. The first-order valence-corrected chi connectivity index (χ1v) is 5.67. The molecule has 2 aromatic rings. The van der Waals surface area contributed by atoms with Crippen LogP contribution < -0.4 is 5.32 Å². The standard InChI is InChI=1S/C14H14ClN/c1-11-7-8-12(9-14(11)15)10-16-13-5-3-2-4-6-13/h2-9,16H,10H2,1H3. The molecule has 1 N–H and O–H groups in total. The molecule has 0 heterocycles. The van der Waals surface area contributed by atoms with Gasteiger partial charge in [-0.3, -0.25) is 0 Å². The number of hydrogen-bond donors (Lipinski definition) is 1. The van der Waals surface area contributed by atoms with Crippen LogP contribution in [-0.4, -0.2) is 0 Å². The average molecular weight is 232 g/mol. The molecule has 0 fully saturated rings. The molecule has 2 heteroatoms. The van der Waals surface area contributed by atoms with Crippen LogP contribution in [-0.2, 0) is 6.54 Å². The summed E-state index contributed by atoms with van der Waals surface area (Å²) in [5.74, 6) is 0. The van der Waals surface area contributed by atoms with Crippen molar-refractivity contribution >= 4 is 17.3 Å². The molecular weight excluding hydrogens is 218 g/mol. The number of benzene rings is 2. The fourth-order valence-corrected chi connectivity index (χ4v) is 1.71. The highest BCUT2D eigenvalue weighted by molar-refractivity contribution is 6.31. The SMILES string of the molecule is Cc1ccc(CNc2ccccc2)cc1Cl. The topological polar surface area (TPSA) is 12.0 Å². The fraction of sp³-hybridized carbons (Fsp3) is 0.143. The maximum Gasteiger partial charge on any atom is 0.0438 e. The lowest BCUT2D eigenvalue weighted by molar-refractivity contribution is 1.14. The molecule has 0 spiro atoms. The Morgan fingerprint density at radius 1 is 1.06 bits per heavy atom. The van der Waals surface area contributed by atoms with E-state index in [9.17, 15) is 0 Å². The zero-order valence-electron chi connectivity index (χ0n) is 9.20. The maximum atomic E-state index is 6.07. The summed E-state index contributed by atoms with van der Waals surface area (Å²) >= 11 is 6.07. The molecule has 1 nitrogen and oxygen atoms in total. The number of halogens is 1. The fourth-order valence-electron chi connectivity index (χ4n) is 1.51. The maximum absolute atomic E-state index is 6.07. The average Bonchev–Trinajstić information content (AvgIpc) is 2.32. The van der Waals surface area contributed by atoms with Crippen LogP contribution in [0.1, 0.15) is 11.1 Å². The molecule has 0 atom stereocenters. The van der Waals surface area contributed by atoms with Crippen molar-refractivity contribution in [3.63, 3.8) is 0 Å². The minimum Gasteiger partial charge on any atom is -0.381 e. The normalized spacial score (nSPS) is 10.1. The number of nitrogens with one attached hydrogen (secondary N) is 1. The van der Waals surface area contributed by atoms with Crippen molar-refractivity contribution in [1.82, 2.24) is 0 Å². The minimum atomic E-state index is 0.796. The Morgan fingerprint density at radius 3 is 2.50 bits per heavy atom. The van der Waals surface area contributed by atoms with Gasteiger partial charge in [0.15, 0.2) is 0 Å². The largest absolute Gasteiger partial charge is 0.381 e. The van der Waals surface area contributed by atoms with Gasteiger partial charge in [-0.1, -0.05) is 41.9 Å². The van der Waals surface area contributed by atoms with E-state index in [4.69, 9.17) is 11.6 Å². The van der Waals surface area contributed by atoms with Crippen molar-refractivity contribution in [2.24, 2.45) is 0 Å². The minimum absolute atomic E-state index is 0.796. The highest BCUT2D eigenvalue weighted by Gasteiger charge is 1.97. The van der Waals surface area contributed by atoms with E-state index in [0.717, 1.165) is 22.8 Å². The van der Waals surface area contributed by atoms with Crippen LogP contribution in [0, 0.1) is 6.92 Å². The number of rotatable bonds is 3. The Bertz CT molecular complexity index is 465. The van der Waals surface area contributed by atoms with E-state index < -0.39 is 0 Å². The number of hydrogen-bond acceptors (Lipinski definition) is 1. The third-order valence-electron chi connectivity index (χ3n) is 2.51. The predicted molar refractivity (Wildman–Crippen MR) is 70.0 cm³/mol. The highest BCUT2D eigenvalue weighted by Crippen LogP contribution is 2.17. The summed E-state index contributed by atoms with van der Waals surface area (Å²) in [6.45, 7) is 2.81. The van der Waals surface area contributed by atoms with Gasteiger partial charge in [0.05, 0.1) is 0 Å². The Balaban J connectivity index is 2.03. The lowest BCUT2D eigenvalue weighted by Gasteiger charge is -2.07. The predicted octanol–water partition coefficient (Wildman–Crippen LogP) is 4.26. The van der Waals surface area contributed by atoms with Crippen molar-refractivity contribution in [1.29, 1.82) is 0 Å². The third-order valence-corrected chi connectivity index (χ3v) is 2.91. The van der Waals surface area contributed by atoms with Crippen molar-refractivity contribution in [3.8, 4) is 0 Å². The van der Waals surface area contributed by atoms with Crippen LogP contribution in [0.5, 0.6) is 0 Å². The third kappa shape index (κ3) is 2.77. The zero-order valence-corrected chi connectivity index (χ0v) is 9.96. The first-order chi connectivity index (χ1) is 7.75. The summed E-state index contributed by atoms with van der Waals surface area (Å²) in [5, 5.41) is 4.18. The van der Waals surface area contributed by atoms with Crippen molar-refractivity contribution in [2.75, 3.05) is 5.32 Å². The van der Waals surface area contributed by atoms with E-state index in [-0.39, 0.29) is 0 Å². The summed E-state index contributed by atoms with van der Waals surface area (Å²) in [4.78, 5) is 0. The molecule has 0 saturated carbocycles. The van der Waals surface area contributed by atoms with Gasteiger partial charge in [-0.15, -0.1) is 0 Å². The van der Waals surface area contributed by atoms with Crippen LogP contribution >= 0.6 is 11.6 Å². The van der Waals surface area contributed by atoms with Gasteiger partial charge in [0.2, 0.25) is 0 Å². The van der Waals surface area contributed by atoms with Gasteiger partial charge in [0, 0.05) is 17.3 Å². The van der Waals surface area contributed by atoms with E-state index in [2.05, 4.69) is 23.5 Å². The second-order valence-electron chi connectivity index (χ2n) is 3.80. The Morgan fingerprint density at radius 2 is 1.81 bits per heavy atom. The van der Waals surface area contributed by atoms with Crippen molar-refractivity contribution in [3.05, 3.63) is 64.7 Å². The van der Waals surface area contributed by atoms with E-state index in [1.54, 1.807) is 0 Å². The van der Waals surface area contributed by atoms with Crippen LogP contribution in [0.25, 0.3) is 0 Å². The summed E-state index contributed by atoms with van der Waals surface area (Å²) in [6.07, 6.45) is 0. The van der Waals surface area contributed by atoms with Crippen molar-refractivity contribution in [2.45, 2.75) is 13.5 Å². The summed E-state index contributed by atoms with van der Waals surface area (Å²) in [6, 6.07) is 16.3. The molecule has 16 heavy (non-hydrogen) atoms. The number of aryl methyl sites for hydroxylation is 1. The second-order valence-corrected chi connectivity index (χ2v) is 4.21. The molecule has 2 aromatic carbocycles. The first-order valence-electron chi connectivity index (χ1n) is 5.29. The van der Waals surface area contributed by atoms with Crippen LogP contribution in [0.15, 0.2) is 48.5 Å². The van der Waals surface area contributed by atoms with Gasteiger partial charge in [-0.2, -0.15) is 0 Å². The summed E-state index contributed by atoms with van der Waals surface area (Å²) in [7, 11) is 0. The lowest BCUT2D eigenvalue weighted by Crippen LogP contribution is -1.99. The molecule has 0 aliphatic carbocycles.